The smallest absolute Gasteiger partial charge is 0.311 e. The summed E-state index contributed by atoms with van der Waals surface area (Å²) in [5.41, 5.74) is -2.99. The van der Waals surface area contributed by atoms with E-state index in [0.717, 1.165) is 103 Å². The van der Waals surface area contributed by atoms with Gasteiger partial charge in [0.25, 0.3) is 12.5 Å². The van der Waals surface area contributed by atoms with Gasteiger partial charge in [-0.1, -0.05) is 127 Å². The van der Waals surface area contributed by atoms with Crippen molar-refractivity contribution in [3.63, 3.8) is 0 Å². The third kappa shape index (κ3) is 52.1. The van der Waals surface area contributed by atoms with Crippen LogP contribution in [-0.4, -0.2) is 118 Å². The molecule has 738 valence electrons. The predicted molar refractivity (Wildman–Crippen MR) is 410 cm³/mol. The van der Waals surface area contributed by atoms with Crippen LogP contribution >= 0.6 is 0 Å². The Kier molecular flexibility index (Phi) is 48.1. The van der Waals surface area contributed by atoms with Gasteiger partial charge in [0.05, 0.1) is 52.0 Å². The van der Waals surface area contributed by atoms with E-state index in [1.165, 1.54) is 82.3 Å². The van der Waals surface area contributed by atoms with Gasteiger partial charge in [0, 0.05) is 55.8 Å². The molecule has 0 aliphatic heterocycles. The van der Waals surface area contributed by atoms with Crippen LogP contribution in [0.3, 0.4) is 0 Å². The van der Waals surface area contributed by atoms with Crippen molar-refractivity contribution in [2.75, 3.05) is 26.3 Å². The second kappa shape index (κ2) is 52.3. The topological polar surface area (TPSA) is 84.2 Å². The molecule has 46 heteroatoms. The lowest BCUT2D eigenvalue weighted by Gasteiger charge is -2.24. The zero-order valence-corrected chi connectivity index (χ0v) is 70.0. The van der Waals surface area contributed by atoms with E-state index in [1.54, 1.807) is 37.4 Å². The minimum Gasteiger partial charge on any atom is -0.311 e. The highest BCUT2D eigenvalue weighted by Crippen LogP contribution is 2.38. The molecule has 0 aliphatic carbocycles. The Morgan fingerprint density at radius 2 is 0.508 bits per heavy atom. The molecule has 0 aliphatic rings. The van der Waals surface area contributed by atoms with Gasteiger partial charge in [0.1, 0.15) is 13.0 Å². The van der Waals surface area contributed by atoms with Crippen LogP contribution in [0.25, 0.3) is 0 Å². The Morgan fingerprint density at radius 3 is 0.723 bits per heavy atom. The molecule has 0 fully saturated rings. The van der Waals surface area contributed by atoms with E-state index in [1.807, 2.05) is 12.2 Å². The maximum atomic E-state index is 12.7. The van der Waals surface area contributed by atoms with E-state index in [4.69, 9.17) is 0 Å². The monoisotopic (exact) mass is 1940 g/mol. The number of nitrogens with one attached hydrogen (secondary N) is 7. The molecule has 7 rings (SSSR count). The number of rotatable bonds is 30. The second-order valence-electron chi connectivity index (χ2n) is 29.7. The van der Waals surface area contributed by atoms with Gasteiger partial charge in [-0.25, -0.2) is 27.3 Å². The fraction of sp³-hybridized carbons (Fsp3) is 0.500. The van der Waals surface area contributed by atoms with Gasteiger partial charge in [0.15, 0.2) is 0 Å². The third-order valence-corrected chi connectivity index (χ3v) is 16.9. The minimum absolute atomic E-state index is 0.00259. The molecule has 0 radical (unpaired) electrons. The highest BCUT2D eigenvalue weighted by Gasteiger charge is 2.58. The Balaban J connectivity index is 0.000000759. The summed E-state index contributed by atoms with van der Waals surface area (Å²) in [6.45, 7) is 10.7. The summed E-state index contributed by atoms with van der Waals surface area (Å²) in [4.78, 5) is 0. The van der Waals surface area contributed by atoms with Gasteiger partial charge in [-0.05, 0) is 182 Å². The molecular formula is C84H94F39N7. The Hall–Kier alpha value is -8.47. The van der Waals surface area contributed by atoms with Gasteiger partial charge >= 0.3 is 67.8 Å². The lowest BCUT2D eigenvalue weighted by molar-refractivity contribution is -0.297. The lowest BCUT2D eigenvalue weighted by Crippen LogP contribution is -2.53. The maximum absolute atomic E-state index is 12.7. The first kappa shape index (κ1) is 120. The molecule has 9 atom stereocenters. The fourth-order valence-corrected chi connectivity index (χ4v) is 11.5. The van der Waals surface area contributed by atoms with Gasteiger partial charge in [-0.2, -0.15) is 149 Å². The summed E-state index contributed by atoms with van der Waals surface area (Å²) in [7, 11) is 0. The number of benzene rings is 7. The average molecular weight is 1940 g/mol. The van der Waals surface area contributed by atoms with Crippen LogP contribution in [0.1, 0.15) is 140 Å². The number of halogens is 39. The standard InChI is InChI=1S/C12H11F8N.C12H12F7N.C12H13F6N.2C12H14F5N.2C12H15F4N/c1-7(21-12(19,20)11(16,17)18)5-8-3-2-4-9(6-8)10(13,14)15;1-7(20-10(13)12(17,18)19)5-8-3-2-4-9(6-8)11(14,15)16;1-8(19-7-11(13,14)15)5-9-3-2-4-10(6-9)12(16,17)18;1-8(18-11(2,13)14)6-9-4-3-5-10(7-9)12(15,16)17;1-8(18-7-11(13)14)5-9-3-2-4-10(6-9)12(15,16)17;1-8(17-9(2)13)6-10-4-3-5-11(7-10)12(14,15)16;1-9(17-6-5-13)7-10-3-2-4-11(8-10)12(14,15)16/h2-4,6-7,21H,5H2,1H3;2-4,6-7,10,20H,5H2,1H3;2-4,6,8,19H,5,7H2,1H3;3-5,7-8,18H,6H2,1-2H3;2-4,6,8,11,18H,5,7H2,1H3;3-5,7-9,17H,6H2,1-2H3;2-4,8-9,17H,5-7H2,1H3. The van der Waals surface area contributed by atoms with E-state index in [9.17, 15) is 171 Å². The van der Waals surface area contributed by atoms with Crippen molar-refractivity contribution in [1.82, 2.24) is 37.2 Å². The van der Waals surface area contributed by atoms with Crippen LogP contribution in [-0.2, 0) is 88.2 Å². The molecule has 7 aromatic rings. The van der Waals surface area contributed by atoms with E-state index >= 15 is 0 Å². The average Bonchev–Trinajstić information content (AvgIpc) is 0.816. The maximum Gasteiger partial charge on any atom is 0.469 e. The van der Waals surface area contributed by atoms with E-state index in [0.29, 0.717) is 53.6 Å². The van der Waals surface area contributed by atoms with Gasteiger partial charge in [0.2, 0.25) is 6.30 Å². The molecule has 7 nitrogen and oxygen atoms in total. The molecule has 0 saturated heterocycles. The van der Waals surface area contributed by atoms with Crippen LogP contribution in [0, 0.1) is 0 Å². The molecule has 0 heterocycles. The summed E-state index contributed by atoms with van der Waals surface area (Å²) in [5.74, 6) is 0. The number of hydrogen-bond acceptors (Lipinski definition) is 7. The molecule has 0 bridgehead atoms. The van der Waals surface area contributed by atoms with Crippen molar-refractivity contribution < 1.29 is 171 Å². The van der Waals surface area contributed by atoms with E-state index < -0.39 is 182 Å². The minimum atomic E-state index is -5.77. The second-order valence-corrected chi connectivity index (χ2v) is 29.7. The third-order valence-electron chi connectivity index (χ3n) is 16.9. The van der Waals surface area contributed by atoms with Gasteiger partial charge in [-0.3, -0.25) is 16.0 Å². The van der Waals surface area contributed by atoms with E-state index in [-0.39, 0.29) is 61.5 Å². The first-order valence-electron chi connectivity index (χ1n) is 38.5. The lowest BCUT2D eigenvalue weighted by atomic mass is 10.0. The van der Waals surface area contributed by atoms with Gasteiger partial charge < -0.3 is 16.0 Å². The van der Waals surface area contributed by atoms with Crippen LogP contribution in [0.4, 0.5) is 171 Å². The van der Waals surface area contributed by atoms with E-state index in [2.05, 4.69) is 21.3 Å². The Labute approximate surface area is 722 Å². The molecular weight excluding hydrogens is 1850 g/mol. The highest BCUT2D eigenvalue weighted by molar-refractivity contribution is 5.32. The molecule has 130 heavy (non-hydrogen) atoms. The molecule has 7 aromatic carbocycles. The summed E-state index contributed by atoms with van der Waals surface area (Å²) < 4.78 is 481. The molecule has 9 unspecified atom stereocenters. The molecule has 0 aromatic heterocycles. The highest BCUT2D eigenvalue weighted by atomic mass is 19.5. The number of alkyl halides is 39. The summed E-state index contributed by atoms with van der Waals surface area (Å²) in [5, 5.41) is 15.0. The summed E-state index contributed by atoms with van der Waals surface area (Å²) in [6.07, 6.45) is -52.3. The van der Waals surface area contributed by atoms with Crippen molar-refractivity contribution in [1.29, 1.82) is 0 Å². The molecule has 0 saturated carbocycles. The number of hydrogen-bond donors (Lipinski definition) is 7. The van der Waals surface area contributed by atoms with Crippen LogP contribution in [0.15, 0.2) is 170 Å². The normalized spacial score (nSPS) is 14.8. The molecule has 0 amide bonds. The van der Waals surface area contributed by atoms with Crippen molar-refractivity contribution in [2.24, 2.45) is 0 Å². The van der Waals surface area contributed by atoms with Crippen molar-refractivity contribution in [2.45, 2.75) is 242 Å². The van der Waals surface area contributed by atoms with Crippen molar-refractivity contribution >= 4 is 0 Å². The SMILES string of the molecule is CC(Cc1cccc(C(F)(F)F)c1)NC(C)(F)F.CC(Cc1cccc(C(F)(F)F)c1)NC(F)(F)C(F)(F)F.CC(Cc1cccc(C(F)(F)F)c1)NC(F)C(F)(F)F.CC(Cc1cccc(C(F)(F)F)c1)NCC(F)(F)F.CC(Cc1cccc(C(F)(F)F)c1)NCC(F)F.CC(Cc1cccc(C(F)(F)F)c1)NCCF.CC(F)NC(C)Cc1cccc(C(F)(F)F)c1. The zero-order chi connectivity index (χ0) is 100. The fourth-order valence-electron chi connectivity index (χ4n) is 11.5. The predicted octanol–water partition coefficient (Wildman–Crippen LogP) is 26.3. The summed E-state index contributed by atoms with van der Waals surface area (Å²) >= 11 is 0. The first-order valence-corrected chi connectivity index (χ1v) is 38.5. The van der Waals surface area contributed by atoms with Crippen molar-refractivity contribution in [3.8, 4) is 0 Å². The summed E-state index contributed by atoms with van der Waals surface area (Å²) in [6, 6.07) is 20.2. The van der Waals surface area contributed by atoms with Crippen LogP contribution < -0.4 is 37.2 Å². The zero-order valence-electron chi connectivity index (χ0n) is 70.0. The van der Waals surface area contributed by atoms with Crippen molar-refractivity contribution in [3.05, 3.63) is 248 Å². The first-order chi connectivity index (χ1) is 59.0. The Morgan fingerprint density at radius 1 is 0.277 bits per heavy atom. The van der Waals surface area contributed by atoms with Crippen LogP contribution in [0.2, 0.25) is 0 Å². The van der Waals surface area contributed by atoms with Crippen LogP contribution in [0.5, 0.6) is 0 Å². The molecule has 0 spiro atoms. The molecule has 7 N–H and O–H groups in total. The largest absolute Gasteiger partial charge is 0.469 e. The Bertz CT molecular complexity index is 4330. The van der Waals surface area contributed by atoms with Gasteiger partial charge in [-0.15, -0.1) is 0 Å². The quantitative estimate of drug-likeness (QED) is 0.0178.